The van der Waals surface area contributed by atoms with Crippen LogP contribution < -0.4 is 0 Å². The molecule has 0 amide bonds. The van der Waals surface area contributed by atoms with Crippen LogP contribution in [0.2, 0.25) is 0 Å². The van der Waals surface area contributed by atoms with E-state index in [-0.39, 0.29) is 12.0 Å². The fourth-order valence-electron chi connectivity index (χ4n) is 2.17. The minimum atomic E-state index is -0.101. The molecule has 0 saturated heterocycles. The van der Waals surface area contributed by atoms with Gasteiger partial charge < -0.3 is 5.11 Å². The first-order valence-corrected chi connectivity index (χ1v) is 5.72. The second-order valence-electron chi connectivity index (χ2n) is 4.27. The molecule has 1 atom stereocenters. The molecule has 1 N–H and O–H groups in total. The van der Waals surface area contributed by atoms with Crippen LogP contribution in [0.25, 0.3) is 0 Å². The van der Waals surface area contributed by atoms with E-state index in [9.17, 15) is 5.11 Å². The summed E-state index contributed by atoms with van der Waals surface area (Å²) in [4.78, 5) is 0. The van der Waals surface area contributed by atoms with Crippen molar-refractivity contribution in [3.63, 3.8) is 0 Å². The molecule has 0 radical (unpaired) electrons. The highest BCUT2D eigenvalue weighted by molar-refractivity contribution is 5.54. The molecule has 0 fully saturated rings. The van der Waals surface area contributed by atoms with Gasteiger partial charge in [-0.2, -0.15) is 0 Å². The van der Waals surface area contributed by atoms with E-state index in [1.807, 2.05) is 18.2 Å². The molecule has 1 aliphatic rings. The van der Waals surface area contributed by atoms with Gasteiger partial charge in [-0.25, -0.2) is 0 Å². The smallest absolute Gasteiger partial charge is 0.0600 e. The summed E-state index contributed by atoms with van der Waals surface area (Å²) in [6, 6.07) is 10.3. The SMILES string of the molecule is CCCCC1=C[C@@]1(CO)c1ccccc1. The molecule has 0 heterocycles. The average molecular weight is 202 g/mol. The molecule has 1 nitrogen and oxygen atoms in total. The van der Waals surface area contributed by atoms with Crippen molar-refractivity contribution in [2.24, 2.45) is 0 Å². The highest BCUT2D eigenvalue weighted by Crippen LogP contribution is 2.48. The van der Waals surface area contributed by atoms with Crippen molar-refractivity contribution in [1.29, 1.82) is 0 Å². The molecule has 1 aromatic carbocycles. The van der Waals surface area contributed by atoms with E-state index in [0.717, 1.165) is 6.42 Å². The molecular formula is C14H18O. The van der Waals surface area contributed by atoms with Crippen LogP contribution in [0.5, 0.6) is 0 Å². The van der Waals surface area contributed by atoms with Gasteiger partial charge in [-0.1, -0.05) is 55.3 Å². The molecule has 80 valence electrons. The molecule has 0 bridgehead atoms. The molecule has 1 aromatic rings. The summed E-state index contributed by atoms with van der Waals surface area (Å²) >= 11 is 0. The lowest BCUT2D eigenvalue weighted by atomic mass is 9.90. The van der Waals surface area contributed by atoms with Gasteiger partial charge >= 0.3 is 0 Å². The Morgan fingerprint density at radius 3 is 2.53 bits per heavy atom. The fraction of sp³-hybridized carbons (Fsp3) is 0.429. The lowest BCUT2D eigenvalue weighted by Gasteiger charge is -2.16. The first-order chi connectivity index (χ1) is 7.33. The molecular weight excluding hydrogens is 184 g/mol. The van der Waals surface area contributed by atoms with Gasteiger partial charge in [0.05, 0.1) is 12.0 Å². The van der Waals surface area contributed by atoms with E-state index in [1.165, 1.54) is 24.0 Å². The van der Waals surface area contributed by atoms with Crippen LogP contribution in [0.3, 0.4) is 0 Å². The maximum absolute atomic E-state index is 9.53. The van der Waals surface area contributed by atoms with Crippen molar-refractivity contribution < 1.29 is 5.11 Å². The van der Waals surface area contributed by atoms with Crippen molar-refractivity contribution >= 4 is 0 Å². The molecule has 1 heteroatoms. The van der Waals surface area contributed by atoms with Crippen molar-refractivity contribution in [3.05, 3.63) is 47.5 Å². The summed E-state index contributed by atoms with van der Waals surface area (Å²) in [5.74, 6) is 0. The van der Waals surface area contributed by atoms with Crippen molar-refractivity contribution in [2.75, 3.05) is 6.61 Å². The van der Waals surface area contributed by atoms with Gasteiger partial charge in [0.1, 0.15) is 0 Å². The molecule has 0 spiro atoms. The van der Waals surface area contributed by atoms with Gasteiger partial charge in [0.2, 0.25) is 0 Å². The van der Waals surface area contributed by atoms with E-state index in [0.29, 0.717) is 0 Å². The minimum absolute atomic E-state index is 0.101. The molecule has 0 saturated carbocycles. The maximum atomic E-state index is 9.53. The van der Waals surface area contributed by atoms with Crippen molar-refractivity contribution in [2.45, 2.75) is 31.6 Å². The molecule has 2 rings (SSSR count). The molecule has 0 aliphatic heterocycles. The number of unbranched alkanes of at least 4 members (excludes halogenated alkanes) is 1. The van der Waals surface area contributed by atoms with E-state index in [4.69, 9.17) is 0 Å². The van der Waals surface area contributed by atoms with E-state index < -0.39 is 0 Å². The number of hydrogen-bond acceptors (Lipinski definition) is 1. The zero-order valence-electron chi connectivity index (χ0n) is 9.24. The van der Waals surface area contributed by atoms with Gasteiger partial charge in [-0.3, -0.25) is 0 Å². The highest BCUT2D eigenvalue weighted by atomic mass is 16.3. The second-order valence-corrected chi connectivity index (χ2v) is 4.27. The first kappa shape index (κ1) is 10.4. The van der Waals surface area contributed by atoms with Gasteiger partial charge in [0.25, 0.3) is 0 Å². The molecule has 1 aliphatic carbocycles. The first-order valence-electron chi connectivity index (χ1n) is 5.72. The number of benzene rings is 1. The van der Waals surface area contributed by atoms with Crippen LogP contribution in [-0.2, 0) is 5.41 Å². The minimum Gasteiger partial charge on any atom is -0.395 e. The predicted octanol–water partition coefficient (Wildman–Crippen LogP) is 3.05. The number of aliphatic hydroxyl groups excluding tert-OH is 1. The Balaban J connectivity index is 2.08. The summed E-state index contributed by atoms with van der Waals surface area (Å²) < 4.78 is 0. The van der Waals surface area contributed by atoms with Crippen molar-refractivity contribution in [1.82, 2.24) is 0 Å². The molecule has 0 unspecified atom stereocenters. The Labute approximate surface area is 91.4 Å². The molecule has 15 heavy (non-hydrogen) atoms. The predicted molar refractivity (Wildman–Crippen MR) is 62.8 cm³/mol. The topological polar surface area (TPSA) is 20.2 Å². The van der Waals surface area contributed by atoms with Gasteiger partial charge in [-0.15, -0.1) is 0 Å². The van der Waals surface area contributed by atoms with Gasteiger partial charge in [0.15, 0.2) is 0 Å². The van der Waals surface area contributed by atoms with E-state index >= 15 is 0 Å². The third-order valence-electron chi connectivity index (χ3n) is 3.25. The van der Waals surface area contributed by atoms with Crippen LogP contribution >= 0.6 is 0 Å². The fourth-order valence-corrected chi connectivity index (χ4v) is 2.17. The summed E-state index contributed by atoms with van der Waals surface area (Å²) in [5.41, 5.74) is 2.55. The summed E-state index contributed by atoms with van der Waals surface area (Å²) in [6.07, 6.45) is 5.79. The van der Waals surface area contributed by atoms with Crippen LogP contribution in [0, 0.1) is 0 Å². The summed E-state index contributed by atoms with van der Waals surface area (Å²) in [6.45, 7) is 2.42. The second kappa shape index (κ2) is 4.19. The summed E-state index contributed by atoms with van der Waals surface area (Å²) in [7, 11) is 0. The number of hydrogen-bond donors (Lipinski definition) is 1. The Kier molecular flexibility index (Phi) is 2.92. The maximum Gasteiger partial charge on any atom is 0.0600 e. The Morgan fingerprint density at radius 2 is 1.93 bits per heavy atom. The quantitative estimate of drug-likeness (QED) is 0.728. The Hall–Kier alpha value is -1.08. The largest absolute Gasteiger partial charge is 0.395 e. The Morgan fingerprint density at radius 1 is 1.20 bits per heavy atom. The van der Waals surface area contributed by atoms with Gasteiger partial charge in [-0.05, 0) is 18.4 Å². The highest BCUT2D eigenvalue weighted by Gasteiger charge is 2.43. The average Bonchev–Trinajstić information content (AvgIpc) is 3.03. The lowest BCUT2D eigenvalue weighted by molar-refractivity contribution is 0.262. The van der Waals surface area contributed by atoms with Crippen LogP contribution in [0.4, 0.5) is 0 Å². The zero-order chi connectivity index (χ0) is 10.7. The normalized spacial score (nSPS) is 23.7. The zero-order valence-corrected chi connectivity index (χ0v) is 9.24. The van der Waals surface area contributed by atoms with Gasteiger partial charge in [0, 0.05) is 0 Å². The Bertz CT molecular complexity index is 353. The number of aliphatic hydroxyl groups is 1. The standard InChI is InChI=1S/C14H18O/c1-2-3-7-13-10-14(13,11-15)12-8-5-4-6-9-12/h4-6,8-10,15H,2-3,7,11H2,1H3/t14-/m1/s1. The lowest BCUT2D eigenvalue weighted by Crippen LogP contribution is -2.16. The monoisotopic (exact) mass is 202 g/mol. The third-order valence-corrected chi connectivity index (χ3v) is 3.25. The van der Waals surface area contributed by atoms with Crippen LogP contribution in [0.15, 0.2) is 42.0 Å². The third kappa shape index (κ3) is 1.84. The molecule has 0 aromatic heterocycles. The number of rotatable bonds is 5. The summed E-state index contributed by atoms with van der Waals surface area (Å²) in [5, 5.41) is 9.53. The van der Waals surface area contributed by atoms with Crippen LogP contribution in [-0.4, -0.2) is 11.7 Å². The van der Waals surface area contributed by atoms with E-state index in [1.54, 1.807) is 0 Å². The van der Waals surface area contributed by atoms with E-state index in [2.05, 4.69) is 25.1 Å². The van der Waals surface area contributed by atoms with Crippen molar-refractivity contribution in [3.8, 4) is 0 Å². The van der Waals surface area contributed by atoms with Crippen LogP contribution in [0.1, 0.15) is 31.7 Å².